The van der Waals surface area contributed by atoms with Gasteiger partial charge in [-0.2, -0.15) is 0 Å². The molecule has 0 aromatic carbocycles. The third-order valence-electron chi connectivity index (χ3n) is 3.07. The molecule has 4 nitrogen and oxygen atoms in total. The van der Waals surface area contributed by atoms with Gasteiger partial charge in [-0.15, -0.1) is 11.3 Å². The summed E-state index contributed by atoms with van der Waals surface area (Å²) in [7, 11) is 0. The number of amides is 1. The minimum atomic E-state index is -1.01. The smallest absolute Gasteiger partial charge is 0.328 e. The first-order valence-electron chi connectivity index (χ1n) is 5.91. The third kappa shape index (κ3) is 2.98. The van der Waals surface area contributed by atoms with E-state index in [0.717, 1.165) is 18.9 Å². The monoisotopic (exact) mass is 265 g/mol. The number of nitrogens with one attached hydrogen (secondary N) is 1. The number of carboxylic acid groups (broad SMARTS) is 1. The van der Waals surface area contributed by atoms with Crippen LogP contribution in [0.3, 0.4) is 0 Å². The van der Waals surface area contributed by atoms with Crippen molar-refractivity contribution in [3.8, 4) is 0 Å². The van der Waals surface area contributed by atoms with Gasteiger partial charge in [0.1, 0.15) is 0 Å². The van der Waals surface area contributed by atoms with Crippen LogP contribution in [-0.2, 0) is 4.79 Å². The lowest BCUT2D eigenvalue weighted by Crippen LogP contribution is -2.26. The van der Waals surface area contributed by atoms with Crippen LogP contribution in [0.4, 0.5) is 0 Å². The van der Waals surface area contributed by atoms with Gasteiger partial charge in [0, 0.05) is 12.1 Å². The quantitative estimate of drug-likeness (QED) is 0.803. The maximum atomic E-state index is 12.0. The predicted molar refractivity (Wildman–Crippen MR) is 70.6 cm³/mol. The average Bonchev–Trinajstić information content (AvgIpc) is 2.90. The summed E-state index contributed by atoms with van der Waals surface area (Å²) < 4.78 is 0. The van der Waals surface area contributed by atoms with Gasteiger partial charge in [0.15, 0.2) is 0 Å². The molecule has 96 valence electrons. The van der Waals surface area contributed by atoms with Gasteiger partial charge in [-0.25, -0.2) is 4.79 Å². The van der Waals surface area contributed by atoms with Crippen LogP contribution in [0.1, 0.15) is 35.0 Å². The maximum Gasteiger partial charge on any atom is 0.328 e. The fourth-order valence-electron chi connectivity index (χ4n) is 1.91. The normalized spacial score (nSPS) is 22.1. The molecule has 1 amide bonds. The first-order chi connectivity index (χ1) is 8.61. The van der Waals surface area contributed by atoms with Crippen molar-refractivity contribution in [1.29, 1.82) is 0 Å². The summed E-state index contributed by atoms with van der Waals surface area (Å²) >= 11 is 1.33. The highest BCUT2D eigenvalue weighted by Crippen LogP contribution is 2.33. The Morgan fingerprint density at radius 2 is 2.39 bits per heavy atom. The zero-order valence-electron chi connectivity index (χ0n) is 10.1. The van der Waals surface area contributed by atoms with E-state index in [1.54, 1.807) is 11.4 Å². The van der Waals surface area contributed by atoms with Crippen molar-refractivity contribution >= 4 is 29.3 Å². The summed E-state index contributed by atoms with van der Waals surface area (Å²) in [5.41, 5.74) is 0.661. The molecular formula is C13H15NO3S. The molecule has 18 heavy (non-hydrogen) atoms. The highest BCUT2D eigenvalue weighted by Gasteiger charge is 2.36. The Balaban J connectivity index is 2.02. The van der Waals surface area contributed by atoms with E-state index in [0.29, 0.717) is 22.4 Å². The molecule has 0 saturated heterocycles. The van der Waals surface area contributed by atoms with Crippen LogP contribution in [0, 0.1) is 5.92 Å². The summed E-state index contributed by atoms with van der Waals surface area (Å²) in [6.07, 6.45) is 4.64. The van der Waals surface area contributed by atoms with Crippen molar-refractivity contribution in [2.24, 2.45) is 5.92 Å². The van der Waals surface area contributed by atoms with Crippen molar-refractivity contribution in [1.82, 2.24) is 5.32 Å². The molecule has 2 rings (SSSR count). The molecular weight excluding hydrogens is 250 g/mol. The van der Waals surface area contributed by atoms with Crippen molar-refractivity contribution < 1.29 is 14.7 Å². The second-order valence-electron chi connectivity index (χ2n) is 4.36. The number of hydrogen-bond donors (Lipinski definition) is 2. The fourth-order valence-corrected chi connectivity index (χ4v) is 2.69. The van der Waals surface area contributed by atoms with Crippen LogP contribution in [0.5, 0.6) is 0 Å². The molecule has 5 heteroatoms. The third-order valence-corrected chi connectivity index (χ3v) is 4.00. The predicted octanol–water partition coefficient (Wildman–Crippen LogP) is 2.37. The van der Waals surface area contributed by atoms with E-state index in [4.69, 9.17) is 5.11 Å². The summed E-state index contributed by atoms with van der Waals surface area (Å²) in [5.74, 6) is -0.510. The Kier molecular flexibility index (Phi) is 3.81. The fraction of sp³-hybridized carbons (Fsp3) is 0.385. The summed E-state index contributed by atoms with van der Waals surface area (Å²) in [4.78, 5) is 23.0. The van der Waals surface area contributed by atoms with Crippen molar-refractivity contribution in [2.45, 2.75) is 25.8 Å². The Labute approximate surface area is 109 Å². The standard InChI is InChI=1S/C13H15NO3S/c1-2-8-7-10(8)14-13(17)12-9(5-6-18-12)3-4-11(15)16/h3-6,8,10H,2,7H2,1H3,(H,14,17)(H,15,16)/b4-3+. The Morgan fingerprint density at radius 3 is 3.00 bits per heavy atom. The van der Waals surface area contributed by atoms with E-state index in [-0.39, 0.29) is 5.91 Å². The molecule has 0 spiro atoms. The molecule has 1 aromatic heterocycles. The molecule has 0 aliphatic heterocycles. The number of carbonyl (C=O) groups excluding carboxylic acids is 1. The Morgan fingerprint density at radius 1 is 1.61 bits per heavy atom. The highest BCUT2D eigenvalue weighted by molar-refractivity contribution is 7.12. The highest BCUT2D eigenvalue weighted by atomic mass is 32.1. The molecule has 1 aliphatic carbocycles. The van der Waals surface area contributed by atoms with Crippen molar-refractivity contribution in [3.05, 3.63) is 28.0 Å². The zero-order chi connectivity index (χ0) is 13.1. The van der Waals surface area contributed by atoms with Gasteiger partial charge >= 0.3 is 5.97 Å². The average molecular weight is 265 g/mol. The van der Waals surface area contributed by atoms with Gasteiger partial charge in [-0.3, -0.25) is 4.79 Å². The van der Waals surface area contributed by atoms with E-state index < -0.39 is 5.97 Å². The van der Waals surface area contributed by atoms with Crippen molar-refractivity contribution in [3.63, 3.8) is 0 Å². The SMILES string of the molecule is CCC1CC1NC(=O)c1sccc1/C=C/C(=O)O. The number of thiophene rings is 1. The minimum Gasteiger partial charge on any atom is -0.478 e. The first-order valence-corrected chi connectivity index (χ1v) is 6.79. The lowest BCUT2D eigenvalue weighted by molar-refractivity contribution is -0.131. The van der Waals surface area contributed by atoms with E-state index >= 15 is 0 Å². The molecule has 2 N–H and O–H groups in total. The van der Waals surface area contributed by atoms with Crippen LogP contribution in [0.15, 0.2) is 17.5 Å². The lowest BCUT2D eigenvalue weighted by atomic mass is 10.2. The molecule has 1 aromatic rings. The van der Waals surface area contributed by atoms with Gasteiger partial charge in [0.25, 0.3) is 5.91 Å². The minimum absolute atomic E-state index is 0.101. The molecule has 0 bridgehead atoms. The molecule has 0 radical (unpaired) electrons. The molecule has 1 saturated carbocycles. The number of carbonyl (C=O) groups is 2. The zero-order valence-corrected chi connectivity index (χ0v) is 10.9. The van der Waals surface area contributed by atoms with Gasteiger partial charge in [-0.05, 0) is 35.4 Å². The maximum absolute atomic E-state index is 12.0. The van der Waals surface area contributed by atoms with Crippen LogP contribution in [-0.4, -0.2) is 23.0 Å². The van der Waals surface area contributed by atoms with E-state index in [2.05, 4.69) is 12.2 Å². The second-order valence-corrected chi connectivity index (χ2v) is 5.28. The van der Waals surface area contributed by atoms with Crippen LogP contribution in [0.25, 0.3) is 6.08 Å². The van der Waals surface area contributed by atoms with Crippen LogP contribution in [0.2, 0.25) is 0 Å². The second kappa shape index (κ2) is 5.35. The Bertz CT molecular complexity index is 492. The Hall–Kier alpha value is -1.62. The molecule has 1 heterocycles. The van der Waals surface area contributed by atoms with Crippen LogP contribution < -0.4 is 5.32 Å². The van der Waals surface area contributed by atoms with Crippen LogP contribution >= 0.6 is 11.3 Å². The molecule has 1 fully saturated rings. The molecule has 2 unspecified atom stereocenters. The van der Waals surface area contributed by atoms with Crippen molar-refractivity contribution in [2.75, 3.05) is 0 Å². The number of carboxylic acids is 1. The largest absolute Gasteiger partial charge is 0.478 e. The van der Waals surface area contributed by atoms with Gasteiger partial charge < -0.3 is 10.4 Å². The molecule has 1 aliphatic rings. The number of aliphatic carboxylic acids is 1. The van der Waals surface area contributed by atoms with E-state index in [9.17, 15) is 9.59 Å². The number of rotatable bonds is 5. The lowest BCUT2D eigenvalue weighted by Gasteiger charge is -2.03. The summed E-state index contributed by atoms with van der Waals surface area (Å²) in [6.45, 7) is 2.11. The van der Waals surface area contributed by atoms with Gasteiger partial charge in [0.2, 0.25) is 0 Å². The van der Waals surface area contributed by atoms with E-state index in [1.165, 1.54) is 17.4 Å². The topological polar surface area (TPSA) is 66.4 Å². The number of hydrogen-bond acceptors (Lipinski definition) is 3. The van der Waals surface area contributed by atoms with Gasteiger partial charge in [-0.1, -0.05) is 13.3 Å². The van der Waals surface area contributed by atoms with E-state index in [1.807, 2.05) is 0 Å². The molecule has 2 atom stereocenters. The first kappa shape index (κ1) is 12.8. The van der Waals surface area contributed by atoms with Gasteiger partial charge in [0.05, 0.1) is 4.88 Å². The summed E-state index contributed by atoms with van der Waals surface area (Å²) in [6, 6.07) is 2.05. The summed E-state index contributed by atoms with van der Waals surface area (Å²) in [5, 5.41) is 13.3.